The monoisotopic (exact) mass is 456 g/mol. The summed E-state index contributed by atoms with van der Waals surface area (Å²) in [6, 6.07) is 12.1. The van der Waals surface area contributed by atoms with Crippen LogP contribution in [-0.4, -0.2) is 24.5 Å². The third-order valence-electron chi connectivity index (χ3n) is 3.52. The van der Waals surface area contributed by atoms with E-state index in [9.17, 15) is 20.2 Å². The van der Waals surface area contributed by atoms with Crippen LogP contribution in [0.1, 0.15) is 5.56 Å². The van der Waals surface area contributed by atoms with Crippen molar-refractivity contribution < 1.29 is 19.2 Å². The smallest absolute Gasteiger partial charge is 0.271 e. The van der Waals surface area contributed by atoms with Crippen LogP contribution in [0.5, 0.6) is 11.5 Å². The molecule has 0 bridgehead atoms. The highest BCUT2D eigenvalue weighted by atomic mass is 79.9. The minimum atomic E-state index is -0.729. The maximum absolute atomic E-state index is 12.4. The highest BCUT2D eigenvalue weighted by Crippen LogP contribution is 2.37. The first kappa shape index (κ1) is 21.4. The summed E-state index contributed by atoms with van der Waals surface area (Å²) in [7, 11) is 1.41. The number of non-ortho nitro benzene ring substituents is 1. The number of carbonyl (C=O) groups excluding carboxylic acids is 1. The molecule has 1 N–H and O–H groups in total. The van der Waals surface area contributed by atoms with E-state index in [4.69, 9.17) is 14.7 Å². The van der Waals surface area contributed by atoms with Gasteiger partial charge in [-0.15, -0.1) is 0 Å². The first-order valence-corrected chi connectivity index (χ1v) is 8.73. The van der Waals surface area contributed by atoms with Crippen LogP contribution in [0.15, 0.2) is 46.4 Å². The lowest BCUT2D eigenvalue weighted by Gasteiger charge is -2.11. The van der Waals surface area contributed by atoms with Crippen LogP contribution in [0, 0.1) is 32.8 Å². The zero-order chi connectivity index (χ0) is 21.4. The molecule has 0 spiro atoms. The Kier molecular flexibility index (Phi) is 7.29. The zero-order valence-electron chi connectivity index (χ0n) is 15.0. The summed E-state index contributed by atoms with van der Waals surface area (Å²) in [6.07, 6.45) is 1.33. The number of nitrogens with zero attached hydrogens (tertiary/aromatic N) is 3. The molecule has 0 aliphatic heterocycles. The van der Waals surface area contributed by atoms with Gasteiger partial charge in [0.15, 0.2) is 18.1 Å². The molecule has 0 fully saturated rings. The van der Waals surface area contributed by atoms with Gasteiger partial charge in [-0.25, -0.2) is 0 Å². The van der Waals surface area contributed by atoms with E-state index in [2.05, 4.69) is 21.2 Å². The number of ether oxygens (including phenoxy) is 2. The van der Waals surface area contributed by atoms with Crippen LogP contribution in [0.4, 0.5) is 11.4 Å². The Balaban J connectivity index is 2.31. The first-order chi connectivity index (χ1) is 13.9. The van der Waals surface area contributed by atoms with Gasteiger partial charge in [-0.2, -0.15) is 10.5 Å². The summed E-state index contributed by atoms with van der Waals surface area (Å²) in [5.41, 5.74) is 0.233. The van der Waals surface area contributed by atoms with E-state index in [1.807, 2.05) is 6.07 Å². The Morgan fingerprint density at radius 2 is 2.10 bits per heavy atom. The van der Waals surface area contributed by atoms with E-state index in [-0.39, 0.29) is 23.6 Å². The van der Waals surface area contributed by atoms with Crippen molar-refractivity contribution in [3.63, 3.8) is 0 Å². The Labute approximate surface area is 174 Å². The average molecular weight is 457 g/mol. The van der Waals surface area contributed by atoms with Gasteiger partial charge in [0, 0.05) is 17.8 Å². The van der Waals surface area contributed by atoms with E-state index in [1.54, 1.807) is 12.1 Å². The van der Waals surface area contributed by atoms with Gasteiger partial charge >= 0.3 is 0 Å². The molecular formula is C19H13BrN4O5. The van der Waals surface area contributed by atoms with Crippen molar-refractivity contribution in [2.24, 2.45) is 0 Å². The molecule has 0 heterocycles. The summed E-state index contributed by atoms with van der Waals surface area (Å²) in [5.74, 6) is -0.115. The van der Waals surface area contributed by atoms with Gasteiger partial charge < -0.3 is 14.8 Å². The van der Waals surface area contributed by atoms with Crippen LogP contribution in [-0.2, 0) is 4.79 Å². The van der Waals surface area contributed by atoms with Gasteiger partial charge in [-0.1, -0.05) is 6.07 Å². The largest absolute Gasteiger partial charge is 0.493 e. The van der Waals surface area contributed by atoms with E-state index < -0.39 is 10.8 Å². The number of hydrogen-bond donors (Lipinski definition) is 1. The Morgan fingerprint density at radius 3 is 2.72 bits per heavy atom. The average Bonchev–Trinajstić information content (AvgIpc) is 2.70. The number of nitrogens with one attached hydrogen (secondary N) is 1. The van der Waals surface area contributed by atoms with Crippen LogP contribution in [0.3, 0.4) is 0 Å². The number of halogens is 1. The minimum absolute atomic E-state index is 0.181. The van der Waals surface area contributed by atoms with Crippen LogP contribution < -0.4 is 14.8 Å². The number of rotatable bonds is 7. The highest BCUT2D eigenvalue weighted by Gasteiger charge is 2.15. The van der Waals surface area contributed by atoms with Crippen molar-refractivity contribution in [3.05, 3.63) is 62.1 Å². The molecule has 2 aromatic carbocycles. The van der Waals surface area contributed by atoms with Crippen molar-refractivity contribution in [2.75, 3.05) is 19.0 Å². The summed E-state index contributed by atoms with van der Waals surface area (Å²) >= 11 is 3.30. The molecule has 29 heavy (non-hydrogen) atoms. The molecule has 0 saturated carbocycles. The third-order valence-corrected chi connectivity index (χ3v) is 4.11. The number of carbonyl (C=O) groups is 1. The predicted octanol–water partition coefficient (Wildman–Crippen LogP) is 3.81. The zero-order valence-corrected chi connectivity index (χ0v) is 16.6. The molecule has 146 valence electrons. The predicted molar refractivity (Wildman–Crippen MR) is 107 cm³/mol. The molecule has 0 aliphatic rings. The van der Waals surface area contributed by atoms with Gasteiger partial charge in [-0.05, 0) is 45.8 Å². The molecule has 0 aliphatic carbocycles. The topological polar surface area (TPSA) is 138 Å². The standard InChI is InChI=1S/C19H13BrN4O5/c1-28-17-9-12(8-16(20)18(17)29-6-5-21)7-13(11-22)19(25)23-14-3-2-4-15(10-14)24(26)27/h2-4,7-10H,6H2,1H3,(H,23,25)/b13-7+. The maximum atomic E-state index is 12.4. The van der Waals surface area contributed by atoms with Crippen molar-refractivity contribution in [1.29, 1.82) is 10.5 Å². The molecule has 0 aromatic heterocycles. The number of nitro groups is 1. The Morgan fingerprint density at radius 1 is 1.34 bits per heavy atom. The molecule has 0 saturated heterocycles. The number of nitriles is 2. The number of anilines is 1. The van der Waals surface area contributed by atoms with Crippen LogP contribution >= 0.6 is 15.9 Å². The minimum Gasteiger partial charge on any atom is -0.493 e. The molecule has 1 amide bonds. The van der Waals surface area contributed by atoms with E-state index >= 15 is 0 Å². The number of hydrogen-bond acceptors (Lipinski definition) is 7. The fourth-order valence-corrected chi connectivity index (χ4v) is 2.85. The second-order valence-corrected chi connectivity index (χ2v) is 6.27. The van der Waals surface area contributed by atoms with Gasteiger partial charge in [0.2, 0.25) is 0 Å². The van der Waals surface area contributed by atoms with Crippen molar-refractivity contribution >= 4 is 39.3 Å². The lowest BCUT2D eigenvalue weighted by Crippen LogP contribution is -2.13. The van der Waals surface area contributed by atoms with Crippen LogP contribution in [0.25, 0.3) is 6.08 Å². The molecule has 2 rings (SSSR count). The lowest BCUT2D eigenvalue weighted by atomic mass is 10.1. The van der Waals surface area contributed by atoms with E-state index in [1.165, 1.54) is 43.5 Å². The molecular weight excluding hydrogens is 444 g/mol. The number of nitro benzene ring substituents is 1. The lowest BCUT2D eigenvalue weighted by molar-refractivity contribution is -0.384. The van der Waals surface area contributed by atoms with Gasteiger partial charge in [0.25, 0.3) is 11.6 Å². The first-order valence-electron chi connectivity index (χ1n) is 7.94. The molecule has 9 nitrogen and oxygen atoms in total. The third kappa shape index (κ3) is 5.54. The number of methoxy groups -OCH3 is 1. The quantitative estimate of drug-likeness (QED) is 0.289. The van der Waals surface area contributed by atoms with Gasteiger partial charge in [0.1, 0.15) is 17.7 Å². The summed E-state index contributed by atoms with van der Waals surface area (Å²) < 4.78 is 11.0. The maximum Gasteiger partial charge on any atom is 0.271 e. The highest BCUT2D eigenvalue weighted by molar-refractivity contribution is 9.10. The molecule has 0 radical (unpaired) electrons. The van der Waals surface area contributed by atoms with Gasteiger partial charge in [0.05, 0.1) is 16.5 Å². The van der Waals surface area contributed by atoms with Crippen LogP contribution in [0.2, 0.25) is 0 Å². The summed E-state index contributed by atoms with van der Waals surface area (Å²) in [4.78, 5) is 22.7. The fraction of sp³-hybridized carbons (Fsp3) is 0.105. The fourth-order valence-electron chi connectivity index (χ4n) is 2.28. The SMILES string of the molecule is COc1cc(/C=C(\C#N)C(=O)Nc2cccc([N+](=O)[O-])c2)cc(Br)c1OCC#N. The summed E-state index contributed by atoms with van der Waals surface area (Å²) in [5, 5.41) is 31.3. The van der Waals surface area contributed by atoms with E-state index in [0.717, 1.165) is 0 Å². The Bertz CT molecular complexity index is 1070. The molecule has 0 unspecified atom stereocenters. The second kappa shape index (κ2) is 9.88. The van der Waals surface area contributed by atoms with Gasteiger partial charge in [-0.3, -0.25) is 14.9 Å². The van der Waals surface area contributed by atoms with Crippen molar-refractivity contribution in [2.45, 2.75) is 0 Å². The Hall–Kier alpha value is -3.89. The molecule has 0 atom stereocenters. The normalized spacial score (nSPS) is 10.4. The van der Waals surface area contributed by atoms with Crippen molar-refractivity contribution in [3.8, 4) is 23.6 Å². The van der Waals surface area contributed by atoms with Crippen molar-refractivity contribution in [1.82, 2.24) is 0 Å². The molecule has 10 heteroatoms. The van der Waals surface area contributed by atoms with E-state index in [0.29, 0.717) is 21.5 Å². The summed E-state index contributed by atoms with van der Waals surface area (Å²) in [6.45, 7) is -0.181. The second-order valence-electron chi connectivity index (χ2n) is 5.41. The number of benzene rings is 2. The molecule has 2 aromatic rings. The number of amides is 1.